The van der Waals surface area contributed by atoms with Gasteiger partial charge in [0.1, 0.15) is 18.5 Å². The van der Waals surface area contributed by atoms with E-state index in [-0.39, 0.29) is 12.5 Å². The molecule has 6 heteroatoms. The van der Waals surface area contributed by atoms with Crippen LogP contribution in [-0.2, 0) is 9.53 Å². The zero-order valence-corrected chi connectivity index (χ0v) is 22.2. The first-order valence-corrected chi connectivity index (χ1v) is 13.7. The monoisotopic (exact) mass is 514 g/mol. The first kappa shape index (κ1) is 26.4. The van der Waals surface area contributed by atoms with Gasteiger partial charge in [-0.3, -0.25) is 4.79 Å². The normalized spacial score (nSPS) is 18.9. The predicted octanol–water partition coefficient (Wildman–Crippen LogP) is 4.72. The van der Waals surface area contributed by atoms with Crippen LogP contribution in [0.3, 0.4) is 0 Å². The standard InChI is InChI=1S/C32H38N2O4/c1-37-19-18-34-17-14-29(32(34)36)21-28-8-4-5-9-31(28)38-23-30(35)22-33-15-12-25(13-16-33)27-11-10-24-6-2-3-7-26(24)20-27/h2-11,20-21,25,30,35H,12-19,22-23H2,1H3/t30-/m0/s1. The summed E-state index contributed by atoms with van der Waals surface area (Å²) in [6, 6.07) is 23.1. The van der Waals surface area contributed by atoms with Crippen molar-refractivity contribution in [3.8, 4) is 5.75 Å². The molecule has 38 heavy (non-hydrogen) atoms. The van der Waals surface area contributed by atoms with Crippen LogP contribution in [0, 0.1) is 0 Å². The largest absolute Gasteiger partial charge is 0.490 e. The fourth-order valence-electron chi connectivity index (χ4n) is 5.58. The van der Waals surface area contributed by atoms with Gasteiger partial charge in [0, 0.05) is 37.9 Å². The number of nitrogens with zero attached hydrogens (tertiary/aromatic N) is 2. The van der Waals surface area contributed by atoms with Crippen molar-refractivity contribution in [1.29, 1.82) is 0 Å². The maximum absolute atomic E-state index is 12.7. The van der Waals surface area contributed by atoms with E-state index in [1.165, 1.54) is 16.3 Å². The number of amides is 1. The molecule has 2 fully saturated rings. The third kappa shape index (κ3) is 6.44. The molecule has 3 aromatic rings. The van der Waals surface area contributed by atoms with Gasteiger partial charge in [0.2, 0.25) is 5.91 Å². The molecule has 0 aliphatic carbocycles. The summed E-state index contributed by atoms with van der Waals surface area (Å²) in [6.45, 7) is 4.62. The van der Waals surface area contributed by atoms with Crippen LogP contribution in [0.5, 0.6) is 5.75 Å². The van der Waals surface area contributed by atoms with Crippen LogP contribution in [0.4, 0.5) is 0 Å². The van der Waals surface area contributed by atoms with Crippen molar-refractivity contribution in [3.63, 3.8) is 0 Å². The van der Waals surface area contributed by atoms with Crippen molar-refractivity contribution in [2.45, 2.75) is 31.3 Å². The molecule has 0 unspecified atom stereocenters. The van der Waals surface area contributed by atoms with E-state index in [9.17, 15) is 9.90 Å². The number of fused-ring (bicyclic) bond motifs is 1. The van der Waals surface area contributed by atoms with Gasteiger partial charge in [0.15, 0.2) is 0 Å². The number of β-amino-alcohol motifs (C(OH)–C–C–N with tert-alkyl or cyclic N) is 1. The Labute approximate surface area is 225 Å². The van der Waals surface area contributed by atoms with Gasteiger partial charge < -0.3 is 24.4 Å². The lowest BCUT2D eigenvalue weighted by Crippen LogP contribution is -2.40. The van der Waals surface area contributed by atoms with Gasteiger partial charge >= 0.3 is 0 Å². The van der Waals surface area contributed by atoms with Gasteiger partial charge in [-0.05, 0) is 66.7 Å². The summed E-state index contributed by atoms with van der Waals surface area (Å²) in [4.78, 5) is 16.9. The zero-order chi connectivity index (χ0) is 26.3. The van der Waals surface area contributed by atoms with Crippen molar-refractivity contribution >= 4 is 22.8 Å². The Balaban J connectivity index is 1.11. The Hall–Kier alpha value is -3.19. The number of ether oxygens (including phenoxy) is 2. The van der Waals surface area contributed by atoms with E-state index in [1.54, 1.807) is 7.11 Å². The van der Waals surface area contributed by atoms with Crippen LogP contribution in [0.15, 0.2) is 72.3 Å². The molecule has 5 rings (SSSR count). The summed E-state index contributed by atoms with van der Waals surface area (Å²) >= 11 is 0. The second-order valence-electron chi connectivity index (χ2n) is 10.4. The van der Waals surface area contributed by atoms with Crippen LogP contribution >= 0.6 is 0 Å². The molecule has 1 N–H and O–H groups in total. The fraction of sp³-hybridized carbons (Fsp3) is 0.406. The third-order valence-electron chi connectivity index (χ3n) is 7.76. The molecule has 0 spiro atoms. The minimum absolute atomic E-state index is 0.0592. The van der Waals surface area contributed by atoms with Crippen molar-refractivity contribution in [3.05, 3.63) is 83.4 Å². The van der Waals surface area contributed by atoms with Crippen molar-refractivity contribution in [1.82, 2.24) is 9.80 Å². The van der Waals surface area contributed by atoms with E-state index in [1.807, 2.05) is 35.2 Å². The van der Waals surface area contributed by atoms with Crippen molar-refractivity contribution in [2.75, 3.05) is 53.0 Å². The summed E-state index contributed by atoms with van der Waals surface area (Å²) < 4.78 is 11.2. The number of benzene rings is 3. The highest BCUT2D eigenvalue weighted by Gasteiger charge is 2.26. The SMILES string of the molecule is COCCN1CCC(=Cc2ccccc2OC[C@@H](O)CN2CCC(c3ccc4ccccc4c3)CC2)C1=O. The zero-order valence-electron chi connectivity index (χ0n) is 22.2. The van der Waals surface area contributed by atoms with Gasteiger partial charge in [0.05, 0.1) is 6.61 Å². The maximum Gasteiger partial charge on any atom is 0.249 e. The molecule has 1 atom stereocenters. The lowest BCUT2D eigenvalue weighted by atomic mass is 9.88. The molecule has 3 aromatic carbocycles. The first-order valence-electron chi connectivity index (χ1n) is 13.7. The number of piperidine rings is 1. The number of para-hydroxylation sites is 1. The molecule has 200 valence electrons. The second-order valence-corrected chi connectivity index (χ2v) is 10.4. The predicted molar refractivity (Wildman–Crippen MR) is 151 cm³/mol. The lowest BCUT2D eigenvalue weighted by molar-refractivity contribution is -0.125. The van der Waals surface area contributed by atoms with Gasteiger partial charge in [-0.25, -0.2) is 0 Å². The number of hydrogen-bond acceptors (Lipinski definition) is 5. The van der Waals surface area contributed by atoms with Crippen LogP contribution in [0.1, 0.15) is 36.3 Å². The highest BCUT2D eigenvalue weighted by Crippen LogP contribution is 2.30. The van der Waals surface area contributed by atoms with Crippen LogP contribution in [-0.4, -0.2) is 80.0 Å². The van der Waals surface area contributed by atoms with E-state index in [0.29, 0.717) is 44.3 Å². The Morgan fingerprint density at radius 2 is 1.76 bits per heavy atom. The Kier molecular flexibility index (Phi) is 8.74. The third-order valence-corrected chi connectivity index (χ3v) is 7.76. The van der Waals surface area contributed by atoms with E-state index >= 15 is 0 Å². The first-order chi connectivity index (χ1) is 18.6. The number of carbonyl (C=O) groups excluding carboxylic acids is 1. The Bertz CT molecular complexity index is 1270. The maximum atomic E-state index is 12.7. The average molecular weight is 515 g/mol. The summed E-state index contributed by atoms with van der Waals surface area (Å²) in [5, 5.41) is 13.3. The molecular formula is C32H38N2O4. The molecule has 2 saturated heterocycles. The average Bonchev–Trinajstić information content (AvgIpc) is 3.30. The molecule has 0 bridgehead atoms. The molecule has 2 aliphatic heterocycles. The summed E-state index contributed by atoms with van der Waals surface area (Å²) in [5.41, 5.74) is 3.07. The second kappa shape index (κ2) is 12.6. The Morgan fingerprint density at radius 1 is 1.00 bits per heavy atom. The molecule has 1 amide bonds. The topological polar surface area (TPSA) is 62.2 Å². The van der Waals surface area contributed by atoms with Crippen molar-refractivity contribution in [2.24, 2.45) is 0 Å². The van der Waals surface area contributed by atoms with Gasteiger partial charge in [0.25, 0.3) is 0 Å². The number of likely N-dealkylation sites (tertiary alicyclic amines) is 2. The van der Waals surface area contributed by atoms with Crippen molar-refractivity contribution < 1.29 is 19.4 Å². The van der Waals surface area contributed by atoms with E-state index in [2.05, 4.69) is 47.4 Å². The fourth-order valence-corrected chi connectivity index (χ4v) is 5.58. The molecule has 0 aromatic heterocycles. The number of aliphatic hydroxyl groups excluding tert-OH is 1. The van der Waals surface area contributed by atoms with Crippen LogP contribution in [0.25, 0.3) is 16.8 Å². The number of methoxy groups -OCH3 is 1. The molecule has 2 heterocycles. The highest BCUT2D eigenvalue weighted by atomic mass is 16.5. The Morgan fingerprint density at radius 3 is 2.58 bits per heavy atom. The van der Waals surface area contributed by atoms with E-state index in [0.717, 1.165) is 37.1 Å². The summed E-state index contributed by atoms with van der Waals surface area (Å²) in [5.74, 6) is 1.31. The number of rotatable bonds is 10. The minimum Gasteiger partial charge on any atom is -0.490 e. The summed E-state index contributed by atoms with van der Waals surface area (Å²) in [7, 11) is 1.65. The van der Waals surface area contributed by atoms with Gasteiger partial charge in [-0.2, -0.15) is 0 Å². The van der Waals surface area contributed by atoms with Crippen LogP contribution in [0.2, 0.25) is 0 Å². The number of carbonyl (C=O) groups is 1. The highest BCUT2D eigenvalue weighted by molar-refractivity contribution is 6.00. The smallest absolute Gasteiger partial charge is 0.249 e. The quantitative estimate of drug-likeness (QED) is 0.397. The molecule has 6 nitrogen and oxygen atoms in total. The number of hydrogen-bond donors (Lipinski definition) is 1. The lowest BCUT2D eigenvalue weighted by Gasteiger charge is -2.33. The molecule has 0 radical (unpaired) electrons. The van der Waals surface area contributed by atoms with Gasteiger partial charge in [-0.15, -0.1) is 0 Å². The molecule has 0 saturated carbocycles. The van der Waals surface area contributed by atoms with E-state index in [4.69, 9.17) is 9.47 Å². The molecule has 2 aliphatic rings. The summed E-state index contributed by atoms with van der Waals surface area (Å²) in [6.07, 6.45) is 4.25. The number of aliphatic hydroxyl groups is 1. The minimum atomic E-state index is -0.578. The van der Waals surface area contributed by atoms with E-state index < -0.39 is 6.10 Å². The van der Waals surface area contributed by atoms with Crippen LogP contribution < -0.4 is 4.74 Å². The van der Waals surface area contributed by atoms with Gasteiger partial charge in [-0.1, -0.05) is 60.7 Å². The molecular weight excluding hydrogens is 476 g/mol.